The number of anilines is 1. The van der Waals surface area contributed by atoms with Crippen LogP contribution < -0.4 is 15.1 Å². The first-order chi connectivity index (χ1) is 13.6. The summed E-state index contributed by atoms with van der Waals surface area (Å²) in [5, 5.41) is 13.0. The van der Waals surface area contributed by atoms with Crippen LogP contribution in [0, 0.1) is 0 Å². The lowest BCUT2D eigenvalue weighted by atomic mass is 10.2. The first kappa shape index (κ1) is 19.2. The van der Waals surface area contributed by atoms with Crippen molar-refractivity contribution in [2.24, 2.45) is 5.10 Å². The van der Waals surface area contributed by atoms with Crippen LogP contribution in [0.4, 0.5) is 5.69 Å². The minimum Gasteiger partial charge on any atom is -0.508 e. The summed E-state index contributed by atoms with van der Waals surface area (Å²) >= 11 is 0. The first-order valence-electron chi connectivity index (χ1n) is 8.88. The first-order valence-corrected chi connectivity index (χ1v) is 8.88. The number of amides is 2. The van der Waals surface area contributed by atoms with Crippen molar-refractivity contribution in [3.8, 4) is 11.5 Å². The third kappa shape index (κ3) is 4.59. The van der Waals surface area contributed by atoms with Crippen molar-refractivity contribution >= 4 is 23.7 Å². The zero-order chi connectivity index (χ0) is 19.9. The van der Waals surface area contributed by atoms with Gasteiger partial charge >= 0.3 is 11.8 Å². The summed E-state index contributed by atoms with van der Waals surface area (Å²) in [6.45, 7) is 2.09. The predicted molar refractivity (Wildman–Crippen MR) is 106 cm³/mol. The quantitative estimate of drug-likeness (QED) is 0.471. The van der Waals surface area contributed by atoms with Crippen molar-refractivity contribution in [3.05, 3.63) is 54.1 Å². The van der Waals surface area contributed by atoms with Crippen LogP contribution in [0.25, 0.3) is 0 Å². The molecule has 0 saturated carbocycles. The molecule has 0 aromatic heterocycles. The van der Waals surface area contributed by atoms with Crippen molar-refractivity contribution in [3.63, 3.8) is 0 Å². The molecule has 2 N–H and O–H groups in total. The number of rotatable bonds is 4. The molecule has 0 unspecified atom stereocenters. The number of carbonyl (C=O) groups is 2. The van der Waals surface area contributed by atoms with Gasteiger partial charge in [0.15, 0.2) is 0 Å². The number of phenolic OH excluding ortho intramolecular Hbond substituents is 1. The maximum Gasteiger partial charge on any atom is 0.329 e. The molecule has 1 heterocycles. The van der Waals surface area contributed by atoms with E-state index in [1.165, 1.54) is 23.2 Å². The van der Waals surface area contributed by atoms with Crippen LogP contribution in [0.5, 0.6) is 11.5 Å². The second-order valence-corrected chi connectivity index (χ2v) is 6.24. The largest absolute Gasteiger partial charge is 0.508 e. The molecule has 1 aliphatic heterocycles. The van der Waals surface area contributed by atoms with Crippen molar-refractivity contribution < 1.29 is 19.4 Å². The SMILES string of the molecule is COc1ccccc1N1CCN(C(=O)C(=O)N/N=C/c2ccc(O)cc2)CC1. The number of nitrogens with one attached hydrogen (secondary N) is 1. The molecule has 2 aromatic rings. The van der Waals surface area contributed by atoms with Gasteiger partial charge in [-0.3, -0.25) is 9.59 Å². The Morgan fingerprint density at radius 1 is 1.07 bits per heavy atom. The van der Waals surface area contributed by atoms with Crippen LogP contribution in [0.2, 0.25) is 0 Å². The number of piperazine rings is 1. The summed E-state index contributed by atoms with van der Waals surface area (Å²) in [5.41, 5.74) is 3.91. The molecule has 146 valence electrons. The Morgan fingerprint density at radius 2 is 1.75 bits per heavy atom. The third-order valence-electron chi connectivity index (χ3n) is 4.46. The number of ether oxygens (including phenoxy) is 1. The molecule has 1 fully saturated rings. The minimum absolute atomic E-state index is 0.142. The Hall–Kier alpha value is -3.55. The molecule has 3 rings (SSSR count). The lowest BCUT2D eigenvalue weighted by Gasteiger charge is -2.36. The summed E-state index contributed by atoms with van der Waals surface area (Å²) < 4.78 is 5.38. The highest BCUT2D eigenvalue weighted by Crippen LogP contribution is 2.28. The number of para-hydroxylation sites is 2. The van der Waals surface area contributed by atoms with E-state index < -0.39 is 11.8 Å². The summed E-state index contributed by atoms with van der Waals surface area (Å²) in [4.78, 5) is 28.0. The van der Waals surface area contributed by atoms with Crippen LogP contribution in [0.3, 0.4) is 0 Å². The standard InChI is InChI=1S/C20H22N4O4/c1-28-18-5-3-2-4-17(18)23-10-12-24(13-11-23)20(27)19(26)22-21-14-15-6-8-16(25)9-7-15/h2-9,14,25H,10-13H2,1H3,(H,22,26)/b21-14+. The highest BCUT2D eigenvalue weighted by atomic mass is 16.5. The van der Waals surface area contributed by atoms with Crippen LogP contribution in [0.15, 0.2) is 53.6 Å². The van der Waals surface area contributed by atoms with Gasteiger partial charge in [0.25, 0.3) is 0 Å². The molecule has 8 heteroatoms. The lowest BCUT2D eigenvalue weighted by Crippen LogP contribution is -2.52. The maximum absolute atomic E-state index is 12.3. The van der Waals surface area contributed by atoms with Crippen molar-refractivity contribution in [1.82, 2.24) is 10.3 Å². The van der Waals surface area contributed by atoms with Crippen LogP contribution >= 0.6 is 0 Å². The van der Waals surface area contributed by atoms with E-state index in [0.29, 0.717) is 31.7 Å². The van der Waals surface area contributed by atoms with Crippen LogP contribution in [-0.2, 0) is 9.59 Å². The minimum atomic E-state index is -0.777. The molecule has 0 bridgehead atoms. The summed E-state index contributed by atoms with van der Waals surface area (Å²) in [5.74, 6) is -0.462. The van der Waals surface area contributed by atoms with Gasteiger partial charge in [-0.05, 0) is 42.0 Å². The molecule has 8 nitrogen and oxygen atoms in total. The highest BCUT2D eigenvalue weighted by Gasteiger charge is 2.26. The van der Waals surface area contributed by atoms with Gasteiger partial charge in [0.1, 0.15) is 11.5 Å². The number of hydrazone groups is 1. The molecule has 0 spiro atoms. The molecule has 0 aliphatic carbocycles. The van der Waals surface area contributed by atoms with E-state index in [2.05, 4.69) is 15.4 Å². The van der Waals surface area contributed by atoms with Gasteiger partial charge in [0.2, 0.25) is 0 Å². The van der Waals surface area contributed by atoms with Gasteiger partial charge in [-0.25, -0.2) is 5.43 Å². The van der Waals surface area contributed by atoms with Gasteiger partial charge in [0, 0.05) is 26.2 Å². The summed E-state index contributed by atoms with van der Waals surface area (Å²) in [6, 6.07) is 14.0. The average Bonchev–Trinajstić information content (AvgIpc) is 2.74. The third-order valence-corrected chi connectivity index (χ3v) is 4.46. The zero-order valence-electron chi connectivity index (χ0n) is 15.5. The predicted octanol–water partition coefficient (Wildman–Crippen LogP) is 1.20. The van der Waals surface area contributed by atoms with E-state index in [-0.39, 0.29) is 5.75 Å². The monoisotopic (exact) mass is 382 g/mol. The average molecular weight is 382 g/mol. The van der Waals surface area contributed by atoms with Gasteiger partial charge in [0.05, 0.1) is 19.0 Å². The van der Waals surface area contributed by atoms with E-state index in [9.17, 15) is 14.7 Å². The molecule has 28 heavy (non-hydrogen) atoms. The van der Waals surface area contributed by atoms with Gasteiger partial charge in [-0.1, -0.05) is 12.1 Å². The fourth-order valence-corrected chi connectivity index (χ4v) is 2.96. The van der Waals surface area contributed by atoms with Crippen LogP contribution in [-0.4, -0.2) is 61.3 Å². The number of hydrogen-bond acceptors (Lipinski definition) is 6. The number of nitrogens with zero attached hydrogens (tertiary/aromatic N) is 3. The Morgan fingerprint density at radius 3 is 2.43 bits per heavy atom. The molecule has 1 saturated heterocycles. The molecule has 2 amide bonds. The van der Waals surface area contributed by atoms with Crippen LogP contribution in [0.1, 0.15) is 5.56 Å². The molecule has 0 radical (unpaired) electrons. The normalized spacial score (nSPS) is 14.2. The van der Waals surface area contributed by atoms with E-state index >= 15 is 0 Å². The number of aromatic hydroxyl groups is 1. The van der Waals surface area contributed by atoms with Gasteiger partial charge in [-0.15, -0.1) is 0 Å². The van der Waals surface area contributed by atoms with E-state index in [1.807, 2.05) is 24.3 Å². The number of benzene rings is 2. The number of methoxy groups -OCH3 is 1. The van der Waals surface area contributed by atoms with E-state index in [4.69, 9.17) is 4.74 Å². The highest BCUT2D eigenvalue weighted by molar-refractivity contribution is 6.35. The zero-order valence-corrected chi connectivity index (χ0v) is 15.5. The van der Waals surface area contributed by atoms with Crippen molar-refractivity contribution in [2.45, 2.75) is 0 Å². The summed E-state index contributed by atoms with van der Waals surface area (Å²) in [6.07, 6.45) is 1.41. The Bertz CT molecular complexity index is 859. The summed E-state index contributed by atoms with van der Waals surface area (Å²) in [7, 11) is 1.63. The molecular formula is C20H22N4O4. The second-order valence-electron chi connectivity index (χ2n) is 6.24. The maximum atomic E-state index is 12.3. The fraction of sp³-hybridized carbons (Fsp3) is 0.250. The Labute approximate surface area is 163 Å². The number of phenols is 1. The number of hydrogen-bond donors (Lipinski definition) is 2. The fourth-order valence-electron chi connectivity index (χ4n) is 2.96. The second kappa shape index (κ2) is 8.90. The Kier molecular flexibility index (Phi) is 6.11. The van der Waals surface area contributed by atoms with E-state index in [1.54, 1.807) is 19.2 Å². The molecule has 2 aromatic carbocycles. The molecule has 1 aliphatic rings. The molecular weight excluding hydrogens is 360 g/mol. The van der Waals surface area contributed by atoms with Crippen molar-refractivity contribution in [2.75, 3.05) is 38.2 Å². The van der Waals surface area contributed by atoms with E-state index in [0.717, 1.165) is 11.4 Å². The van der Waals surface area contributed by atoms with Gasteiger partial charge in [-0.2, -0.15) is 5.10 Å². The van der Waals surface area contributed by atoms with Crippen molar-refractivity contribution in [1.29, 1.82) is 0 Å². The topological polar surface area (TPSA) is 94.5 Å². The lowest BCUT2D eigenvalue weighted by molar-refractivity contribution is -0.146. The molecule has 0 atom stereocenters. The smallest absolute Gasteiger partial charge is 0.329 e. The number of carbonyl (C=O) groups excluding carboxylic acids is 2. The van der Waals surface area contributed by atoms with Gasteiger partial charge < -0.3 is 19.6 Å². The Balaban J connectivity index is 1.51.